The van der Waals surface area contributed by atoms with E-state index in [4.69, 9.17) is 18.9 Å². The van der Waals surface area contributed by atoms with Crippen LogP contribution in [0.2, 0.25) is 0 Å². The maximum atomic E-state index is 13.0. The third kappa shape index (κ3) is 4.12. The molecule has 0 fully saturated rings. The number of hydrogen-bond acceptors (Lipinski definition) is 5. The maximum absolute atomic E-state index is 13.0. The highest BCUT2D eigenvalue weighted by molar-refractivity contribution is 6.15. The van der Waals surface area contributed by atoms with Crippen molar-refractivity contribution in [2.24, 2.45) is 0 Å². The number of carbonyl (C=O) groups excluding carboxylic acids is 1. The average Bonchev–Trinajstić information content (AvgIpc) is 3.08. The van der Waals surface area contributed by atoms with Gasteiger partial charge in [-0.05, 0) is 43.2 Å². The second-order valence-corrected chi connectivity index (χ2v) is 7.41. The van der Waals surface area contributed by atoms with Crippen molar-refractivity contribution in [3.8, 4) is 23.0 Å². The minimum atomic E-state index is -0.164. The lowest BCUT2D eigenvalue weighted by molar-refractivity contribution is 0.101. The van der Waals surface area contributed by atoms with Gasteiger partial charge in [0, 0.05) is 11.6 Å². The fourth-order valence-electron chi connectivity index (χ4n) is 3.58. The van der Waals surface area contributed by atoms with Gasteiger partial charge in [-0.15, -0.1) is 0 Å². The first kappa shape index (κ1) is 20.5. The highest BCUT2D eigenvalue weighted by Gasteiger charge is 2.30. The summed E-state index contributed by atoms with van der Waals surface area (Å²) in [5, 5.41) is 0. The minimum absolute atomic E-state index is 0.164. The molecule has 0 aromatic heterocycles. The van der Waals surface area contributed by atoms with Gasteiger partial charge in [0.05, 0.1) is 19.8 Å². The van der Waals surface area contributed by atoms with E-state index in [2.05, 4.69) is 19.1 Å². The summed E-state index contributed by atoms with van der Waals surface area (Å²) >= 11 is 0. The van der Waals surface area contributed by atoms with Gasteiger partial charge in [-0.25, -0.2) is 0 Å². The smallest absolute Gasteiger partial charge is 0.232 e. The molecule has 0 amide bonds. The molecule has 158 valence electrons. The van der Waals surface area contributed by atoms with Gasteiger partial charge in [-0.3, -0.25) is 4.79 Å². The molecule has 3 aromatic carbocycles. The number of fused-ring (bicyclic) bond motifs is 1. The molecule has 0 atom stereocenters. The lowest BCUT2D eigenvalue weighted by Crippen LogP contribution is -2.01. The van der Waals surface area contributed by atoms with Crippen LogP contribution in [0.4, 0.5) is 0 Å². The van der Waals surface area contributed by atoms with Crippen molar-refractivity contribution < 1.29 is 23.7 Å². The fraction of sp³-hybridized carbons (Fsp3) is 0.192. The van der Waals surface area contributed by atoms with E-state index in [1.165, 1.54) is 5.56 Å². The molecule has 0 bridgehead atoms. The zero-order valence-corrected chi connectivity index (χ0v) is 18.0. The molecule has 0 saturated heterocycles. The standard InChI is InChI=1S/C26H24O5/c1-16-8-10-18(11-9-16)15-30-20-12-17(2)24-22(14-20)31-23(25(24)27)13-19-6-5-7-21(28-3)26(19)29-4/h5-14H,15H2,1-4H3/b23-13-. The van der Waals surface area contributed by atoms with Gasteiger partial charge < -0.3 is 18.9 Å². The second kappa shape index (κ2) is 8.56. The fourth-order valence-corrected chi connectivity index (χ4v) is 3.58. The van der Waals surface area contributed by atoms with Crippen molar-refractivity contribution >= 4 is 11.9 Å². The van der Waals surface area contributed by atoms with Crippen LogP contribution in [0.1, 0.15) is 32.6 Å². The lowest BCUT2D eigenvalue weighted by atomic mass is 10.0. The Morgan fingerprint density at radius 3 is 2.45 bits per heavy atom. The second-order valence-electron chi connectivity index (χ2n) is 7.41. The number of Topliss-reactive ketones (excluding diaryl/α,β-unsaturated/α-hetero) is 1. The van der Waals surface area contributed by atoms with Gasteiger partial charge in [0.1, 0.15) is 18.1 Å². The largest absolute Gasteiger partial charge is 0.493 e. The number of ether oxygens (including phenoxy) is 4. The summed E-state index contributed by atoms with van der Waals surface area (Å²) < 4.78 is 22.7. The van der Waals surface area contributed by atoms with E-state index in [1.54, 1.807) is 32.4 Å². The first-order valence-corrected chi connectivity index (χ1v) is 9.98. The van der Waals surface area contributed by atoms with Crippen molar-refractivity contribution in [1.29, 1.82) is 0 Å². The topological polar surface area (TPSA) is 54.0 Å². The van der Waals surface area contributed by atoms with E-state index in [-0.39, 0.29) is 11.5 Å². The van der Waals surface area contributed by atoms with Gasteiger partial charge in [0.25, 0.3) is 0 Å². The van der Waals surface area contributed by atoms with Crippen molar-refractivity contribution in [2.45, 2.75) is 20.5 Å². The Bertz CT molecular complexity index is 1160. The Labute approximate surface area is 181 Å². The molecular formula is C26H24O5. The Morgan fingerprint density at radius 1 is 0.968 bits per heavy atom. The zero-order chi connectivity index (χ0) is 22.0. The molecule has 1 heterocycles. The van der Waals surface area contributed by atoms with Gasteiger partial charge in [0.2, 0.25) is 5.78 Å². The van der Waals surface area contributed by atoms with E-state index in [9.17, 15) is 4.79 Å². The van der Waals surface area contributed by atoms with Crippen molar-refractivity contribution in [3.05, 3.63) is 88.2 Å². The van der Waals surface area contributed by atoms with E-state index < -0.39 is 0 Å². The van der Waals surface area contributed by atoms with Crippen LogP contribution >= 0.6 is 0 Å². The van der Waals surface area contributed by atoms with Crippen LogP contribution in [-0.2, 0) is 6.61 Å². The molecule has 0 spiro atoms. The molecule has 1 aliphatic heterocycles. The number of hydrogen-bond donors (Lipinski definition) is 0. The summed E-state index contributed by atoms with van der Waals surface area (Å²) in [5.41, 5.74) is 4.34. The van der Waals surface area contributed by atoms with Crippen LogP contribution < -0.4 is 18.9 Å². The quantitative estimate of drug-likeness (QED) is 0.496. The van der Waals surface area contributed by atoms with E-state index in [0.717, 1.165) is 11.1 Å². The first-order chi connectivity index (χ1) is 15.0. The molecule has 0 radical (unpaired) electrons. The van der Waals surface area contributed by atoms with Gasteiger partial charge >= 0.3 is 0 Å². The summed E-state index contributed by atoms with van der Waals surface area (Å²) in [6.07, 6.45) is 1.68. The van der Waals surface area contributed by atoms with Crippen LogP contribution in [0.3, 0.4) is 0 Å². The molecule has 5 nitrogen and oxygen atoms in total. The maximum Gasteiger partial charge on any atom is 0.232 e. The number of methoxy groups -OCH3 is 2. The number of allylic oxidation sites excluding steroid dienone is 1. The molecule has 1 aliphatic rings. The summed E-state index contributed by atoms with van der Waals surface area (Å²) in [7, 11) is 3.14. The highest BCUT2D eigenvalue weighted by atomic mass is 16.5. The normalized spacial score (nSPS) is 13.7. The summed E-state index contributed by atoms with van der Waals surface area (Å²) in [5.74, 6) is 2.36. The van der Waals surface area contributed by atoms with Crippen LogP contribution in [0, 0.1) is 13.8 Å². The Kier molecular flexibility index (Phi) is 5.67. The van der Waals surface area contributed by atoms with Crippen LogP contribution in [0.15, 0.2) is 60.4 Å². The monoisotopic (exact) mass is 416 g/mol. The minimum Gasteiger partial charge on any atom is -0.493 e. The molecule has 0 saturated carbocycles. The number of carbonyl (C=O) groups is 1. The lowest BCUT2D eigenvalue weighted by Gasteiger charge is -2.10. The van der Waals surface area contributed by atoms with Crippen LogP contribution in [0.5, 0.6) is 23.0 Å². The van der Waals surface area contributed by atoms with E-state index in [0.29, 0.717) is 40.7 Å². The summed E-state index contributed by atoms with van der Waals surface area (Å²) in [6.45, 7) is 4.37. The van der Waals surface area contributed by atoms with Gasteiger partial charge in [-0.1, -0.05) is 42.0 Å². The predicted octanol–water partition coefficient (Wildman–Crippen LogP) is 5.52. The van der Waals surface area contributed by atoms with Gasteiger partial charge in [-0.2, -0.15) is 0 Å². The van der Waals surface area contributed by atoms with Crippen LogP contribution in [0.25, 0.3) is 6.08 Å². The number of rotatable bonds is 6. The predicted molar refractivity (Wildman–Crippen MR) is 119 cm³/mol. The molecule has 3 aromatic rings. The number of aryl methyl sites for hydroxylation is 2. The van der Waals surface area contributed by atoms with Crippen molar-refractivity contribution in [2.75, 3.05) is 14.2 Å². The van der Waals surface area contributed by atoms with Crippen molar-refractivity contribution in [3.63, 3.8) is 0 Å². The molecule has 4 rings (SSSR count). The summed E-state index contributed by atoms with van der Waals surface area (Å²) in [6, 6.07) is 17.3. The van der Waals surface area contributed by atoms with Gasteiger partial charge in [0.15, 0.2) is 17.3 Å². The number of ketones is 1. The number of para-hydroxylation sites is 1. The first-order valence-electron chi connectivity index (χ1n) is 9.98. The third-order valence-corrected chi connectivity index (χ3v) is 5.19. The Hall–Kier alpha value is -3.73. The molecule has 0 aliphatic carbocycles. The van der Waals surface area contributed by atoms with Crippen LogP contribution in [-0.4, -0.2) is 20.0 Å². The highest BCUT2D eigenvalue weighted by Crippen LogP contribution is 2.39. The van der Waals surface area contributed by atoms with E-state index in [1.807, 2.05) is 37.3 Å². The molecule has 0 unspecified atom stereocenters. The Morgan fingerprint density at radius 2 is 1.74 bits per heavy atom. The average molecular weight is 416 g/mol. The third-order valence-electron chi connectivity index (χ3n) is 5.19. The SMILES string of the molecule is COc1cccc(/C=C2\Oc3cc(OCc4ccc(C)cc4)cc(C)c3C2=O)c1OC. The molecule has 5 heteroatoms. The van der Waals surface area contributed by atoms with E-state index >= 15 is 0 Å². The zero-order valence-electron chi connectivity index (χ0n) is 18.0. The summed E-state index contributed by atoms with van der Waals surface area (Å²) in [4.78, 5) is 13.0. The van der Waals surface area contributed by atoms with Crippen molar-refractivity contribution in [1.82, 2.24) is 0 Å². The molecular weight excluding hydrogens is 392 g/mol. The molecule has 0 N–H and O–H groups in total. The number of benzene rings is 3. The molecule has 31 heavy (non-hydrogen) atoms. The Balaban J connectivity index is 1.59.